The molecule has 0 bridgehead atoms. The van der Waals surface area contributed by atoms with E-state index < -0.39 is 0 Å². The van der Waals surface area contributed by atoms with Crippen LogP contribution in [0.2, 0.25) is 0 Å². The third-order valence-electron chi connectivity index (χ3n) is 6.16. The minimum absolute atomic E-state index is 0.0314. The number of aromatic nitrogens is 2. The summed E-state index contributed by atoms with van der Waals surface area (Å²) < 4.78 is 1.87. The number of benzene rings is 2. The van der Waals surface area contributed by atoms with Crippen molar-refractivity contribution in [1.29, 1.82) is 0 Å². The molecule has 30 heavy (non-hydrogen) atoms. The molecule has 2 N–H and O–H groups in total. The fourth-order valence-electron chi connectivity index (χ4n) is 4.62. The van der Waals surface area contributed by atoms with Crippen molar-refractivity contribution in [3.8, 4) is 5.69 Å². The first-order chi connectivity index (χ1) is 14.7. The van der Waals surface area contributed by atoms with Crippen molar-refractivity contribution in [2.24, 2.45) is 0 Å². The Hall–Kier alpha value is -3.12. The standard InChI is InChI=1S/C24H27N5O/c1-2-28-15-17-9-6-7-12-19(17)22(16-28)25-24(30)26-23-20-13-8-14-21(20)27-29(23)18-10-4-3-5-11-18/h3-7,9-12,22H,2,8,13-16H2,1H3,(H2,25,26,30). The van der Waals surface area contributed by atoms with Gasteiger partial charge in [-0.15, -0.1) is 0 Å². The molecule has 3 aromatic rings. The lowest BCUT2D eigenvalue weighted by atomic mass is 9.95. The first kappa shape index (κ1) is 18.9. The van der Waals surface area contributed by atoms with Crippen LogP contribution >= 0.6 is 0 Å². The van der Waals surface area contributed by atoms with Crippen LogP contribution in [0.25, 0.3) is 5.69 Å². The second-order valence-electron chi connectivity index (χ2n) is 8.05. The summed E-state index contributed by atoms with van der Waals surface area (Å²) in [6, 6.07) is 18.2. The fraction of sp³-hybridized carbons (Fsp3) is 0.333. The number of carbonyl (C=O) groups is 1. The number of hydrogen-bond acceptors (Lipinski definition) is 3. The van der Waals surface area contributed by atoms with E-state index in [1.165, 1.54) is 11.1 Å². The van der Waals surface area contributed by atoms with Crippen molar-refractivity contribution in [1.82, 2.24) is 20.0 Å². The fourth-order valence-corrected chi connectivity index (χ4v) is 4.62. The monoisotopic (exact) mass is 401 g/mol. The Kier molecular flexibility index (Phi) is 5.01. The largest absolute Gasteiger partial charge is 0.330 e. The lowest BCUT2D eigenvalue weighted by Gasteiger charge is -2.34. The number of para-hydroxylation sites is 1. The average Bonchev–Trinajstić information content (AvgIpc) is 3.37. The van der Waals surface area contributed by atoms with Crippen LogP contribution in [0.5, 0.6) is 0 Å². The number of amides is 2. The zero-order chi connectivity index (χ0) is 20.5. The van der Waals surface area contributed by atoms with Gasteiger partial charge in [0.2, 0.25) is 0 Å². The van der Waals surface area contributed by atoms with E-state index in [0.717, 1.165) is 61.7 Å². The van der Waals surface area contributed by atoms with Crippen molar-refractivity contribution in [3.63, 3.8) is 0 Å². The number of rotatable bonds is 4. The highest BCUT2D eigenvalue weighted by atomic mass is 16.2. The molecule has 1 aliphatic carbocycles. The Morgan fingerprint density at radius 3 is 2.73 bits per heavy atom. The van der Waals surface area contributed by atoms with E-state index >= 15 is 0 Å². The van der Waals surface area contributed by atoms with Gasteiger partial charge in [0, 0.05) is 18.7 Å². The van der Waals surface area contributed by atoms with E-state index in [-0.39, 0.29) is 12.1 Å². The van der Waals surface area contributed by atoms with Crippen molar-refractivity contribution in [3.05, 3.63) is 77.0 Å². The van der Waals surface area contributed by atoms with Gasteiger partial charge < -0.3 is 5.32 Å². The molecule has 0 spiro atoms. The van der Waals surface area contributed by atoms with Gasteiger partial charge in [0.15, 0.2) is 0 Å². The summed E-state index contributed by atoms with van der Waals surface area (Å²) in [6.07, 6.45) is 3.01. The van der Waals surface area contributed by atoms with E-state index in [1.54, 1.807) is 0 Å². The molecule has 154 valence electrons. The summed E-state index contributed by atoms with van der Waals surface area (Å²) in [5.41, 5.74) is 5.70. The number of aryl methyl sites for hydroxylation is 1. The van der Waals surface area contributed by atoms with Gasteiger partial charge in [-0.1, -0.05) is 49.4 Å². The lowest BCUT2D eigenvalue weighted by Crippen LogP contribution is -2.43. The third kappa shape index (κ3) is 3.48. The van der Waals surface area contributed by atoms with Gasteiger partial charge in [-0.05, 0) is 49.1 Å². The van der Waals surface area contributed by atoms with Gasteiger partial charge in [-0.3, -0.25) is 10.2 Å². The molecule has 2 aromatic carbocycles. The summed E-state index contributed by atoms with van der Waals surface area (Å²) >= 11 is 0. The number of urea groups is 1. The van der Waals surface area contributed by atoms with Crippen LogP contribution in [0, 0.1) is 0 Å². The summed E-state index contributed by atoms with van der Waals surface area (Å²) in [4.78, 5) is 15.4. The minimum atomic E-state index is -0.181. The van der Waals surface area contributed by atoms with Gasteiger partial charge >= 0.3 is 6.03 Å². The topological polar surface area (TPSA) is 62.2 Å². The highest BCUT2D eigenvalue weighted by molar-refractivity contribution is 5.90. The first-order valence-corrected chi connectivity index (χ1v) is 10.8. The number of carbonyl (C=O) groups excluding carboxylic acids is 1. The van der Waals surface area contributed by atoms with E-state index in [9.17, 15) is 4.79 Å². The normalized spacial score (nSPS) is 18.0. The van der Waals surface area contributed by atoms with Crippen molar-refractivity contribution < 1.29 is 4.79 Å². The molecule has 0 saturated heterocycles. The van der Waals surface area contributed by atoms with E-state index in [2.05, 4.69) is 40.7 Å². The SMILES string of the molecule is CCN1Cc2ccccc2C(NC(=O)Nc2c3c(nn2-c2ccccc2)CCC3)C1. The predicted molar refractivity (Wildman–Crippen MR) is 118 cm³/mol. The van der Waals surface area contributed by atoms with Gasteiger partial charge in [-0.2, -0.15) is 5.10 Å². The average molecular weight is 402 g/mol. The van der Waals surface area contributed by atoms with Crippen LogP contribution in [0.15, 0.2) is 54.6 Å². The highest BCUT2D eigenvalue weighted by Gasteiger charge is 2.28. The number of likely N-dealkylation sites (N-methyl/N-ethyl adjacent to an activating group) is 1. The molecule has 0 radical (unpaired) electrons. The number of fused-ring (bicyclic) bond motifs is 2. The van der Waals surface area contributed by atoms with Gasteiger partial charge in [-0.25, -0.2) is 9.48 Å². The summed E-state index contributed by atoms with van der Waals surface area (Å²) in [6.45, 7) is 4.87. The number of anilines is 1. The molecule has 0 saturated carbocycles. The zero-order valence-electron chi connectivity index (χ0n) is 17.3. The van der Waals surface area contributed by atoms with E-state index in [0.29, 0.717) is 0 Å². The van der Waals surface area contributed by atoms with E-state index in [4.69, 9.17) is 5.10 Å². The quantitative estimate of drug-likeness (QED) is 0.693. The van der Waals surface area contributed by atoms with Crippen LogP contribution < -0.4 is 10.6 Å². The Bertz CT molecular complexity index is 1060. The molecule has 6 nitrogen and oxygen atoms in total. The van der Waals surface area contributed by atoms with Crippen molar-refractivity contribution in [2.45, 2.75) is 38.8 Å². The first-order valence-electron chi connectivity index (χ1n) is 10.8. The van der Waals surface area contributed by atoms with E-state index in [1.807, 2.05) is 41.1 Å². The number of nitrogens with zero attached hydrogens (tertiary/aromatic N) is 3. The minimum Gasteiger partial charge on any atom is -0.330 e. The molecule has 5 rings (SSSR count). The van der Waals surface area contributed by atoms with Gasteiger partial charge in [0.25, 0.3) is 0 Å². The molecular weight excluding hydrogens is 374 g/mol. The number of hydrogen-bond donors (Lipinski definition) is 2. The molecule has 6 heteroatoms. The predicted octanol–water partition coefficient (Wildman–Crippen LogP) is 4.06. The molecule has 1 aromatic heterocycles. The van der Waals surface area contributed by atoms with Gasteiger partial charge in [0.05, 0.1) is 17.4 Å². The molecule has 1 atom stereocenters. The molecule has 2 heterocycles. The van der Waals surface area contributed by atoms with Crippen molar-refractivity contribution in [2.75, 3.05) is 18.4 Å². The third-order valence-corrected chi connectivity index (χ3v) is 6.16. The molecule has 0 fully saturated rings. The maximum absolute atomic E-state index is 13.1. The Morgan fingerprint density at radius 2 is 1.90 bits per heavy atom. The zero-order valence-corrected chi connectivity index (χ0v) is 17.3. The molecular formula is C24H27N5O. The van der Waals surface area contributed by atoms with Crippen LogP contribution in [0.3, 0.4) is 0 Å². The van der Waals surface area contributed by atoms with Crippen LogP contribution in [-0.2, 0) is 19.4 Å². The Morgan fingerprint density at radius 1 is 1.10 bits per heavy atom. The highest BCUT2D eigenvalue weighted by Crippen LogP contribution is 2.31. The maximum atomic E-state index is 13.1. The summed E-state index contributed by atoms with van der Waals surface area (Å²) in [7, 11) is 0. The second kappa shape index (κ2) is 7.95. The molecule has 1 aliphatic heterocycles. The summed E-state index contributed by atoms with van der Waals surface area (Å²) in [5.74, 6) is 0.794. The van der Waals surface area contributed by atoms with Gasteiger partial charge in [0.1, 0.15) is 5.82 Å². The molecule has 1 unspecified atom stereocenters. The Balaban J connectivity index is 1.40. The molecule has 2 aliphatic rings. The lowest BCUT2D eigenvalue weighted by molar-refractivity contribution is 0.216. The smallest absolute Gasteiger partial charge is 0.320 e. The van der Waals surface area contributed by atoms with Crippen molar-refractivity contribution >= 4 is 11.8 Å². The van der Waals surface area contributed by atoms with Crippen LogP contribution in [-0.4, -0.2) is 33.8 Å². The van der Waals surface area contributed by atoms with Crippen LogP contribution in [0.4, 0.5) is 10.6 Å². The second-order valence-corrected chi connectivity index (χ2v) is 8.05. The number of nitrogens with one attached hydrogen (secondary N) is 2. The van der Waals surface area contributed by atoms with Crippen LogP contribution in [0.1, 0.15) is 41.8 Å². The Labute approximate surface area is 176 Å². The summed E-state index contributed by atoms with van der Waals surface area (Å²) in [5, 5.41) is 11.1. The maximum Gasteiger partial charge on any atom is 0.320 e. The molecule has 2 amide bonds.